The number of aliphatic hydroxyl groups is 1. The smallest absolute Gasteiger partial charge is 0.243 e. The van der Waals surface area contributed by atoms with Crippen LogP contribution in [-0.4, -0.2) is 36.0 Å². The Morgan fingerprint density at radius 2 is 2.31 bits per heavy atom. The molecule has 1 unspecified atom stereocenters. The standard InChI is InChI=1S/C9H17N3O3S/c1-3-4-8(13)5-11-16(14,15)9-6-10-12(2)7-9/h6-8,11,13H,3-5H2,1-2H3. The summed E-state index contributed by atoms with van der Waals surface area (Å²) in [7, 11) is -1.90. The molecule has 0 aliphatic carbocycles. The van der Waals surface area contributed by atoms with Crippen molar-refractivity contribution in [3.8, 4) is 0 Å². The van der Waals surface area contributed by atoms with Gasteiger partial charge in [-0.15, -0.1) is 0 Å². The Morgan fingerprint density at radius 3 is 2.81 bits per heavy atom. The van der Waals surface area contributed by atoms with Crippen molar-refractivity contribution < 1.29 is 13.5 Å². The van der Waals surface area contributed by atoms with E-state index in [0.29, 0.717) is 6.42 Å². The quantitative estimate of drug-likeness (QED) is 0.732. The lowest BCUT2D eigenvalue weighted by atomic mass is 10.2. The molecule has 0 saturated heterocycles. The molecule has 0 aliphatic heterocycles. The lowest BCUT2D eigenvalue weighted by molar-refractivity contribution is 0.167. The highest BCUT2D eigenvalue weighted by molar-refractivity contribution is 7.89. The van der Waals surface area contributed by atoms with E-state index in [-0.39, 0.29) is 11.4 Å². The second-order valence-corrected chi connectivity index (χ2v) is 5.41. The number of hydrogen-bond donors (Lipinski definition) is 2. The Bertz CT molecular complexity index is 427. The van der Waals surface area contributed by atoms with E-state index in [4.69, 9.17) is 0 Å². The summed E-state index contributed by atoms with van der Waals surface area (Å²) < 4.78 is 27.1. The summed E-state index contributed by atoms with van der Waals surface area (Å²) >= 11 is 0. The zero-order valence-corrected chi connectivity index (χ0v) is 10.2. The summed E-state index contributed by atoms with van der Waals surface area (Å²) in [5.74, 6) is 0. The fourth-order valence-corrected chi connectivity index (χ4v) is 2.32. The van der Waals surface area contributed by atoms with Crippen molar-refractivity contribution in [1.82, 2.24) is 14.5 Å². The predicted octanol–water partition coefficient (Wildman–Crippen LogP) is -0.141. The van der Waals surface area contributed by atoms with E-state index in [2.05, 4.69) is 9.82 Å². The number of nitrogens with zero attached hydrogens (tertiary/aromatic N) is 2. The van der Waals surface area contributed by atoms with Gasteiger partial charge in [0.2, 0.25) is 10.0 Å². The minimum Gasteiger partial charge on any atom is -0.392 e. The highest BCUT2D eigenvalue weighted by atomic mass is 32.2. The van der Waals surface area contributed by atoms with Gasteiger partial charge in [-0.25, -0.2) is 13.1 Å². The molecule has 6 nitrogen and oxygen atoms in total. The molecule has 1 aromatic heterocycles. The van der Waals surface area contributed by atoms with Gasteiger partial charge < -0.3 is 5.11 Å². The molecular weight excluding hydrogens is 230 g/mol. The molecule has 0 aromatic carbocycles. The highest BCUT2D eigenvalue weighted by Crippen LogP contribution is 2.06. The second-order valence-electron chi connectivity index (χ2n) is 3.64. The van der Waals surface area contributed by atoms with E-state index >= 15 is 0 Å². The van der Waals surface area contributed by atoms with Gasteiger partial charge in [0, 0.05) is 19.8 Å². The van der Waals surface area contributed by atoms with E-state index in [9.17, 15) is 13.5 Å². The first-order valence-electron chi connectivity index (χ1n) is 5.12. The van der Waals surface area contributed by atoms with Crippen LogP contribution in [0.3, 0.4) is 0 Å². The van der Waals surface area contributed by atoms with E-state index in [1.54, 1.807) is 7.05 Å². The first-order valence-corrected chi connectivity index (χ1v) is 6.60. The number of aromatic nitrogens is 2. The molecule has 1 aromatic rings. The minimum atomic E-state index is -3.55. The van der Waals surface area contributed by atoms with Crippen LogP contribution < -0.4 is 4.72 Å². The number of rotatable bonds is 6. The maximum Gasteiger partial charge on any atom is 0.243 e. The Balaban J connectivity index is 2.59. The lowest BCUT2D eigenvalue weighted by Crippen LogP contribution is -2.31. The Hall–Kier alpha value is -0.920. The van der Waals surface area contributed by atoms with Crippen molar-refractivity contribution in [1.29, 1.82) is 0 Å². The van der Waals surface area contributed by atoms with Crippen LogP contribution in [0.5, 0.6) is 0 Å². The minimum absolute atomic E-state index is 0.0328. The molecule has 0 fully saturated rings. The van der Waals surface area contributed by atoms with E-state index in [1.807, 2.05) is 6.92 Å². The van der Waals surface area contributed by atoms with Crippen molar-refractivity contribution >= 4 is 10.0 Å². The molecular formula is C9H17N3O3S. The average molecular weight is 247 g/mol. The monoisotopic (exact) mass is 247 g/mol. The Labute approximate surface area is 95.3 Å². The van der Waals surface area contributed by atoms with Gasteiger partial charge in [-0.3, -0.25) is 4.68 Å². The summed E-state index contributed by atoms with van der Waals surface area (Å²) in [5.41, 5.74) is 0. The van der Waals surface area contributed by atoms with Gasteiger partial charge in [-0.1, -0.05) is 13.3 Å². The van der Waals surface area contributed by atoms with Gasteiger partial charge in [-0.05, 0) is 6.42 Å². The molecule has 1 atom stereocenters. The van der Waals surface area contributed by atoms with E-state index < -0.39 is 16.1 Å². The molecule has 16 heavy (non-hydrogen) atoms. The molecule has 0 radical (unpaired) electrons. The van der Waals surface area contributed by atoms with Gasteiger partial charge in [0.1, 0.15) is 4.90 Å². The van der Waals surface area contributed by atoms with Gasteiger partial charge in [0.05, 0.1) is 12.3 Å². The Morgan fingerprint density at radius 1 is 1.62 bits per heavy atom. The number of hydrogen-bond acceptors (Lipinski definition) is 4. The summed E-state index contributed by atoms with van der Waals surface area (Å²) in [5, 5.41) is 13.2. The molecule has 0 bridgehead atoms. The zero-order chi connectivity index (χ0) is 12.2. The molecule has 92 valence electrons. The zero-order valence-electron chi connectivity index (χ0n) is 9.42. The number of aryl methyl sites for hydroxylation is 1. The highest BCUT2D eigenvalue weighted by Gasteiger charge is 2.16. The van der Waals surface area contributed by atoms with Crippen LogP contribution in [0.1, 0.15) is 19.8 Å². The summed E-state index contributed by atoms with van der Waals surface area (Å²) in [6.45, 7) is 1.96. The summed E-state index contributed by atoms with van der Waals surface area (Å²) in [4.78, 5) is 0.110. The normalized spacial score (nSPS) is 13.9. The van der Waals surface area contributed by atoms with E-state index in [0.717, 1.165) is 6.42 Å². The fourth-order valence-electron chi connectivity index (χ4n) is 1.26. The van der Waals surface area contributed by atoms with Gasteiger partial charge in [-0.2, -0.15) is 5.10 Å². The van der Waals surface area contributed by atoms with Gasteiger partial charge in [0.25, 0.3) is 0 Å². The molecule has 0 saturated carbocycles. The lowest BCUT2D eigenvalue weighted by Gasteiger charge is -2.09. The molecule has 7 heteroatoms. The van der Waals surface area contributed by atoms with Crippen molar-refractivity contribution in [2.45, 2.75) is 30.8 Å². The third kappa shape index (κ3) is 3.58. The molecule has 2 N–H and O–H groups in total. The summed E-state index contributed by atoms with van der Waals surface area (Å²) in [6.07, 6.45) is 3.44. The van der Waals surface area contributed by atoms with E-state index in [1.165, 1.54) is 17.1 Å². The molecule has 0 amide bonds. The van der Waals surface area contributed by atoms with Crippen molar-refractivity contribution in [3.05, 3.63) is 12.4 Å². The van der Waals surface area contributed by atoms with Crippen molar-refractivity contribution in [2.24, 2.45) is 7.05 Å². The molecule has 1 rings (SSSR count). The van der Waals surface area contributed by atoms with Crippen LogP contribution in [0, 0.1) is 0 Å². The van der Waals surface area contributed by atoms with Crippen LogP contribution in [0.15, 0.2) is 17.3 Å². The van der Waals surface area contributed by atoms with Crippen LogP contribution in [0.4, 0.5) is 0 Å². The van der Waals surface area contributed by atoms with Crippen LogP contribution >= 0.6 is 0 Å². The average Bonchev–Trinajstić information content (AvgIpc) is 2.63. The predicted molar refractivity (Wildman–Crippen MR) is 59.3 cm³/mol. The van der Waals surface area contributed by atoms with Gasteiger partial charge >= 0.3 is 0 Å². The number of nitrogens with one attached hydrogen (secondary N) is 1. The number of aliphatic hydroxyl groups excluding tert-OH is 1. The fraction of sp³-hybridized carbons (Fsp3) is 0.667. The first kappa shape index (κ1) is 13.1. The largest absolute Gasteiger partial charge is 0.392 e. The SMILES string of the molecule is CCCC(O)CNS(=O)(=O)c1cnn(C)c1. The third-order valence-electron chi connectivity index (χ3n) is 2.12. The van der Waals surface area contributed by atoms with Crippen LogP contribution in [0.2, 0.25) is 0 Å². The Kier molecular flexibility index (Phi) is 4.45. The van der Waals surface area contributed by atoms with Crippen LogP contribution in [0.25, 0.3) is 0 Å². The summed E-state index contributed by atoms with van der Waals surface area (Å²) in [6, 6.07) is 0. The van der Waals surface area contributed by atoms with Gasteiger partial charge in [0.15, 0.2) is 0 Å². The van der Waals surface area contributed by atoms with Crippen molar-refractivity contribution in [3.63, 3.8) is 0 Å². The molecule has 0 spiro atoms. The molecule has 0 aliphatic rings. The van der Waals surface area contributed by atoms with Crippen LogP contribution in [-0.2, 0) is 17.1 Å². The third-order valence-corrected chi connectivity index (χ3v) is 3.50. The maximum absolute atomic E-state index is 11.7. The maximum atomic E-state index is 11.7. The van der Waals surface area contributed by atoms with Crippen molar-refractivity contribution in [2.75, 3.05) is 6.54 Å². The first-order chi connectivity index (χ1) is 7.45. The molecule has 1 heterocycles. The number of sulfonamides is 1. The second kappa shape index (κ2) is 5.42. The topological polar surface area (TPSA) is 84.2 Å².